The first-order valence-corrected chi connectivity index (χ1v) is 9.05. The molecule has 25 heavy (non-hydrogen) atoms. The van der Waals surface area contributed by atoms with Gasteiger partial charge in [0.2, 0.25) is 0 Å². The Kier molecular flexibility index (Phi) is 4.63. The fraction of sp³-hybridized carbons (Fsp3) is 0.0952. The summed E-state index contributed by atoms with van der Waals surface area (Å²) in [5.74, 6) is 0.904. The molecule has 1 heterocycles. The van der Waals surface area contributed by atoms with Crippen molar-refractivity contribution in [1.82, 2.24) is 10.6 Å². The SMILES string of the molecule is Brc1ccc(C2NC(c3ccccc3)=NC(c3ccccc3)N2)cc1. The fourth-order valence-electron chi connectivity index (χ4n) is 2.93. The van der Waals surface area contributed by atoms with Gasteiger partial charge in [-0.3, -0.25) is 5.32 Å². The van der Waals surface area contributed by atoms with E-state index in [2.05, 4.69) is 75.1 Å². The molecule has 3 aromatic carbocycles. The average molecular weight is 392 g/mol. The molecule has 0 aliphatic carbocycles. The molecule has 3 nitrogen and oxygen atoms in total. The van der Waals surface area contributed by atoms with Gasteiger partial charge in [-0.2, -0.15) is 0 Å². The minimum Gasteiger partial charge on any atom is -0.350 e. The van der Waals surface area contributed by atoms with E-state index in [0.29, 0.717) is 0 Å². The predicted octanol–water partition coefficient (Wildman–Crippen LogP) is 4.79. The molecule has 2 unspecified atom stereocenters. The van der Waals surface area contributed by atoms with E-state index in [1.807, 2.05) is 36.4 Å². The molecule has 2 atom stereocenters. The molecule has 0 radical (unpaired) electrons. The van der Waals surface area contributed by atoms with Crippen LogP contribution in [0.1, 0.15) is 29.0 Å². The zero-order chi connectivity index (χ0) is 17.1. The average Bonchev–Trinajstić information content (AvgIpc) is 2.69. The lowest BCUT2D eigenvalue weighted by molar-refractivity contribution is 0.409. The smallest absolute Gasteiger partial charge is 0.131 e. The monoisotopic (exact) mass is 391 g/mol. The second-order valence-electron chi connectivity index (χ2n) is 5.95. The molecular weight excluding hydrogens is 374 g/mol. The molecular formula is C21H18BrN3. The number of benzene rings is 3. The predicted molar refractivity (Wildman–Crippen MR) is 105 cm³/mol. The lowest BCUT2D eigenvalue weighted by atomic mass is 10.1. The molecule has 0 spiro atoms. The number of nitrogens with zero attached hydrogens (tertiary/aromatic N) is 1. The largest absolute Gasteiger partial charge is 0.350 e. The Morgan fingerprint density at radius 3 is 2.04 bits per heavy atom. The Labute approximate surface area is 155 Å². The van der Waals surface area contributed by atoms with E-state index in [-0.39, 0.29) is 12.3 Å². The summed E-state index contributed by atoms with van der Waals surface area (Å²) in [5, 5.41) is 7.12. The molecule has 1 aliphatic rings. The molecule has 0 saturated carbocycles. The molecule has 0 saturated heterocycles. The van der Waals surface area contributed by atoms with Gasteiger partial charge in [0.15, 0.2) is 0 Å². The van der Waals surface area contributed by atoms with Crippen LogP contribution in [0, 0.1) is 0 Å². The summed E-state index contributed by atoms with van der Waals surface area (Å²) in [4.78, 5) is 4.90. The standard InChI is InChI=1S/C21H18BrN3/c22-18-13-11-17(12-14-18)21-24-19(15-7-3-1-4-8-15)23-20(25-21)16-9-5-2-6-10-16/h1-14,19,21,24H,(H,23,25). The number of hydrogen-bond donors (Lipinski definition) is 2. The molecule has 2 N–H and O–H groups in total. The number of aliphatic imine (C=N–C) groups is 1. The van der Waals surface area contributed by atoms with Crippen LogP contribution in [0.4, 0.5) is 0 Å². The third-order valence-electron chi connectivity index (χ3n) is 4.23. The van der Waals surface area contributed by atoms with Gasteiger partial charge in [0.05, 0.1) is 0 Å². The summed E-state index contributed by atoms with van der Waals surface area (Å²) in [5.41, 5.74) is 3.42. The topological polar surface area (TPSA) is 36.4 Å². The highest BCUT2D eigenvalue weighted by atomic mass is 79.9. The van der Waals surface area contributed by atoms with Crippen molar-refractivity contribution in [1.29, 1.82) is 0 Å². The normalized spacial score (nSPS) is 19.8. The number of amidine groups is 1. The van der Waals surface area contributed by atoms with Crippen LogP contribution in [0.25, 0.3) is 0 Å². The van der Waals surface area contributed by atoms with Gasteiger partial charge < -0.3 is 5.32 Å². The third-order valence-corrected chi connectivity index (χ3v) is 4.76. The molecule has 0 fully saturated rings. The third kappa shape index (κ3) is 3.65. The van der Waals surface area contributed by atoms with Crippen LogP contribution in [0.3, 0.4) is 0 Å². The molecule has 0 bridgehead atoms. The van der Waals surface area contributed by atoms with E-state index in [1.54, 1.807) is 0 Å². The maximum atomic E-state index is 4.90. The van der Waals surface area contributed by atoms with Gasteiger partial charge in [0, 0.05) is 10.0 Å². The van der Waals surface area contributed by atoms with Crippen LogP contribution in [0.5, 0.6) is 0 Å². The van der Waals surface area contributed by atoms with Crippen LogP contribution < -0.4 is 10.6 Å². The van der Waals surface area contributed by atoms with Crippen molar-refractivity contribution >= 4 is 21.8 Å². The molecule has 1 aliphatic heterocycles. The van der Waals surface area contributed by atoms with Gasteiger partial charge in [-0.25, -0.2) is 4.99 Å². The minimum atomic E-state index is -0.0914. The minimum absolute atomic E-state index is 0.00832. The first-order valence-electron chi connectivity index (χ1n) is 8.26. The van der Waals surface area contributed by atoms with E-state index in [4.69, 9.17) is 4.99 Å². The Morgan fingerprint density at radius 1 is 0.720 bits per heavy atom. The van der Waals surface area contributed by atoms with Crippen molar-refractivity contribution in [3.05, 3.63) is 106 Å². The van der Waals surface area contributed by atoms with E-state index >= 15 is 0 Å². The van der Waals surface area contributed by atoms with Gasteiger partial charge in [0.25, 0.3) is 0 Å². The fourth-order valence-corrected chi connectivity index (χ4v) is 3.20. The lowest BCUT2D eigenvalue weighted by Crippen LogP contribution is -2.44. The Balaban J connectivity index is 1.72. The van der Waals surface area contributed by atoms with E-state index < -0.39 is 0 Å². The number of rotatable bonds is 3. The van der Waals surface area contributed by atoms with Gasteiger partial charge in [0.1, 0.15) is 18.2 Å². The van der Waals surface area contributed by atoms with Crippen molar-refractivity contribution in [2.75, 3.05) is 0 Å². The zero-order valence-corrected chi connectivity index (χ0v) is 15.1. The van der Waals surface area contributed by atoms with Crippen LogP contribution in [0.15, 0.2) is 94.4 Å². The molecule has 4 rings (SSSR count). The highest BCUT2D eigenvalue weighted by molar-refractivity contribution is 9.10. The quantitative estimate of drug-likeness (QED) is 0.673. The Bertz CT molecular complexity index is 861. The molecule has 3 aromatic rings. The van der Waals surface area contributed by atoms with Crippen LogP contribution in [-0.4, -0.2) is 5.84 Å². The van der Waals surface area contributed by atoms with Gasteiger partial charge in [-0.15, -0.1) is 0 Å². The summed E-state index contributed by atoms with van der Waals surface area (Å²) >= 11 is 3.50. The Morgan fingerprint density at radius 2 is 1.36 bits per heavy atom. The van der Waals surface area contributed by atoms with Crippen molar-refractivity contribution < 1.29 is 0 Å². The lowest BCUT2D eigenvalue weighted by Gasteiger charge is -2.32. The summed E-state index contributed by atoms with van der Waals surface area (Å²) < 4.78 is 1.07. The summed E-state index contributed by atoms with van der Waals surface area (Å²) in [6, 6.07) is 28.9. The maximum Gasteiger partial charge on any atom is 0.131 e. The van der Waals surface area contributed by atoms with Gasteiger partial charge >= 0.3 is 0 Å². The number of halogens is 1. The number of nitrogens with one attached hydrogen (secondary N) is 2. The van der Waals surface area contributed by atoms with E-state index in [1.165, 1.54) is 5.56 Å². The molecule has 0 amide bonds. The highest BCUT2D eigenvalue weighted by Crippen LogP contribution is 2.25. The van der Waals surface area contributed by atoms with Crippen LogP contribution in [0.2, 0.25) is 0 Å². The second-order valence-corrected chi connectivity index (χ2v) is 6.87. The highest BCUT2D eigenvalue weighted by Gasteiger charge is 2.24. The second kappa shape index (κ2) is 7.21. The van der Waals surface area contributed by atoms with Crippen LogP contribution in [-0.2, 0) is 0 Å². The molecule has 0 aromatic heterocycles. The Hall–Kier alpha value is -2.43. The first kappa shape index (κ1) is 16.1. The summed E-state index contributed by atoms with van der Waals surface area (Å²) in [6.07, 6.45) is -0.0997. The number of hydrogen-bond acceptors (Lipinski definition) is 3. The molecule has 124 valence electrons. The van der Waals surface area contributed by atoms with Crippen LogP contribution >= 0.6 is 15.9 Å². The first-order chi connectivity index (χ1) is 12.3. The summed E-state index contributed by atoms with van der Waals surface area (Å²) in [6.45, 7) is 0. The van der Waals surface area contributed by atoms with E-state index in [0.717, 1.165) is 21.4 Å². The van der Waals surface area contributed by atoms with Gasteiger partial charge in [-0.05, 0) is 23.3 Å². The van der Waals surface area contributed by atoms with Crippen molar-refractivity contribution in [2.45, 2.75) is 12.3 Å². The van der Waals surface area contributed by atoms with Gasteiger partial charge in [-0.1, -0.05) is 88.7 Å². The van der Waals surface area contributed by atoms with Crippen molar-refractivity contribution in [2.24, 2.45) is 4.99 Å². The van der Waals surface area contributed by atoms with Crippen molar-refractivity contribution in [3.63, 3.8) is 0 Å². The van der Waals surface area contributed by atoms with Crippen molar-refractivity contribution in [3.8, 4) is 0 Å². The maximum absolute atomic E-state index is 4.90. The van der Waals surface area contributed by atoms with E-state index in [9.17, 15) is 0 Å². The molecule has 4 heteroatoms. The zero-order valence-electron chi connectivity index (χ0n) is 13.6. The summed E-state index contributed by atoms with van der Waals surface area (Å²) in [7, 11) is 0.